The van der Waals surface area contributed by atoms with Crippen molar-refractivity contribution >= 4 is 23.3 Å². The standard InChI is InChI=1S/C16H16ClNO4/c17-13-9-11(18-7-1-2-8-18)3-5-14(13)21-10-12-4-6-15(22-12)16(19)20/h3-6,9H,1-2,7-8,10H2,(H,19,20). The van der Waals surface area contributed by atoms with Crippen molar-refractivity contribution in [3.8, 4) is 5.75 Å². The van der Waals surface area contributed by atoms with Crippen LogP contribution in [0.25, 0.3) is 0 Å². The zero-order chi connectivity index (χ0) is 15.5. The van der Waals surface area contributed by atoms with E-state index in [9.17, 15) is 4.79 Å². The smallest absolute Gasteiger partial charge is 0.371 e. The maximum atomic E-state index is 10.7. The van der Waals surface area contributed by atoms with Gasteiger partial charge in [0.15, 0.2) is 0 Å². The van der Waals surface area contributed by atoms with Gasteiger partial charge in [0, 0.05) is 18.8 Å². The van der Waals surface area contributed by atoms with Crippen LogP contribution in [0.5, 0.6) is 5.75 Å². The Morgan fingerprint density at radius 2 is 2.05 bits per heavy atom. The zero-order valence-electron chi connectivity index (χ0n) is 11.9. The van der Waals surface area contributed by atoms with E-state index in [0.29, 0.717) is 16.5 Å². The molecule has 0 amide bonds. The summed E-state index contributed by atoms with van der Waals surface area (Å²) < 4.78 is 10.7. The Morgan fingerprint density at radius 1 is 1.27 bits per heavy atom. The van der Waals surface area contributed by atoms with E-state index in [-0.39, 0.29) is 12.4 Å². The lowest BCUT2D eigenvalue weighted by Crippen LogP contribution is -2.17. The molecule has 6 heteroatoms. The molecule has 0 saturated carbocycles. The third-order valence-electron chi connectivity index (χ3n) is 3.63. The second-order valence-corrected chi connectivity index (χ2v) is 5.58. The molecule has 1 saturated heterocycles. The van der Waals surface area contributed by atoms with E-state index in [1.54, 1.807) is 6.07 Å². The molecule has 1 aliphatic heterocycles. The summed E-state index contributed by atoms with van der Waals surface area (Å²) in [5.41, 5.74) is 1.10. The molecule has 2 aromatic rings. The van der Waals surface area contributed by atoms with Crippen molar-refractivity contribution in [2.75, 3.05) is 18.0 Å². The Hall–Kier alpha value is -2.14. The highest BCUT2D eigenvalue weighted by Gasteiger charge is 2.14. The minimum absolute atomic E-state index is 0.103. The van der Waals surface area contributed by atoms with Crippen molar-refractivity contribution in [2.24, 2.45) is 0 Å². The largest absolute Gasteiger partial charge is 0.484 e. The van der Waals surface area contributed by atoms with Crippen molar-refractivity contribution < 1.29 is 19.1 Å². The van der Waals surface area contributed by atoms with Crippen molar-refractivity contribution in [2.45, 2.75) is 19.4 Å². The first kappa shape index (κ1) is 14.8. The van der Waals surface area contributed by atoms with Crippen LogP contribution in [0.4, 0.5) is 5.69 Å². The minimum Gasteiger partial charge on any atom is -0.484 e. The van der Waals surface area contributed by atoms with Crippen LogP contribution < -0.4 is 9.64 Å². The van der Waals surface area contributed by atoms with E-state index >= 15 is 0 Å². The summed E-state index contributed by atoms with van der Waals surface area (Å²) in [6.07, 6.45) is 2.42. The quantitative estimate of drug-likeness (QED) is 0.907. The minimum atomic E-state index is -1.10. The number of hydrogen-bond acceptors (Lipinski definition) is 4. The molecule has 1 aromatic carbocycles. The van der Waals surface area contributed by atoms with Crippen molar-refractivity contribution in [1.82, 2.24) is 0 Å². The first-order chi connectivity index (χ1) is 10.6. The summed E-state index contributed by atoms with van der Waals surface area (Å²) in [6, 6.07) is 8.69. The number of halogens is 1. The highest BCUT2D eigenvalue weighted by molar-refractivity contribution is 6.32. The maximum Gasteiger partial charge on any atom is 0.371 e. The van der Waals surface area contributed by atoms with Gasteiger partial charge in [-0.05, 0) is 43.2 Å². The number of rotatable bonds is 5. The van der Waals surface area contributed by atoms with Crippen LogP contribution in [0.15, 0.2) is 34.7 Å². The van der Waals surface area contributed by atoms with Crippen LogP contribution in [0.3, 0.4) is 0 Å². The van der Waals surface area contributed by atoms with Gasteiger partial charge >= 0.3 is 5.97 Å². The van der Waals surface area contributed by atoms with Gasteiger partial charge in [0.05, 0.1) is 5.02 Å². The lowest BCUT2D eigenvalue weighted by atomic mass is 10.3. The molecule has 2 heterocycles. The first-order valence-electron chi connectivity index (χ1n) is 7.13. The number of furan rings is 1. The number of nitrogens with zero attached hydrogens (tertiary/aromatic N) is 1. The van der Waals surface area contributed by atoms with Gasteiger partial charge in [0.25, 0.3) is 0 Å². The van der Waals surface area contributed by atoms with Gasteiger partial charge in [-0.2, -0.15) is 0 Å². The number of ether oxygens (including phenoxy) is 1. The Labute approximate surface area is 133 Å². The Bertz CT molecular complexity index is 677. The zero-order valence-corrected chi connectivity index (χ0v) is 12.7. The summed E-state index contributed by atoms with van der Waals surface area (Å²) in [5.74, 6) is -0.205. The van der Waals surface area contributed by atoms with Crippen LogP contribution in [0.1, 0.15) is 29.2 Å². The van der Waals surface area contributed by atoms with E-state index in [1.165, 1.54) is 18.9 Å². The molecule has 1 N–H and O–H groups in total. The Morgan fingerprint density at radius 3 is 2.68 bits per heavy atom. The average molecular weight is 322 g/mol. The second kappa shape index (κ2) is 6.32. The topological polar surface area (TPSA) is 62.9 Å². The molecule has 0 atom stereocenters. The number of hydrogen-bond donors (Lipinski definition) is 1. The van der Waals surface area contributed by atoms with Gasteiger partial charge in [-0.15, -0.1) is 0 Å². The summed E-state index contributed by atoms with van der Waals surface area (Å²) in [4.78, 5) is 13.0. The van der Waals surface area contributed by atoms with Crippen molar-refractivity contribution in [3.05, 3.63) is 46.9 Å². The molecule has 0 aliphatic carbocycles. The average Bonchev–Trinajstić information content (AvgIpc) is 3.17. The summed E-state index contributed by atoms with van der Waals surface area (Å²) in [7, 11) is 0. The van der Waals surface area contributed by atoms with Crippen LogP contribution in [-0.2, 0) is 6.61 Å². The maximum absolute atomic E-state index is 10.7. The van der Waals surface area contributed by atoms with E-state index < -0.39 is 5.97 Å². The Kier molecular flexibility index (Phi) is 4.24. The molecule has 0 radical (unpaired) electrons. The summed E-state index contributed by atoms with van der Waals surface area (Å²) in [6.45, 7) is 2.25. The van der Waals surface area contributed by atoms with Gasteiger partial charge in [0.1, 0.15) is 18.1 Å². The van der Waals surface area contributed by atoms with Gasteiger partial charge in [-0.25, -0.2) is 4.79 Å². The molecular formula is C16H16ClNO4. The number of benzene rings is 1. The Balaban J connectivity index is 1.65. The fourth-order valence-electron chi connectivity index (χ4n) is 2.50. The van der Waals surface area contributed by atoms with E-state index in [1.807, 2.05) is 18.2 Å². The molecule has 116 valence electrons. The van der Waals surface area contributed by atoms with Crippen molar-refractivity contribution in [3.63, 3.8) is 0 Å². The van der Waals surface area contributed by atoms with Gasteiger partial charge < -0.3 is 19.2 Å². The van der Waals surface area contributed by atoms with Crippen LogP contribution in [0.2, 0.25) is 5.02 Å². The highest BCUT2D eigenvalue weighted by atomic mass is 35.5. The highest BCUT2D eigenvalue weighted by Crippen LogP contribution is 2.31. The molecule has 3 rings (SSSR count). The number of aromatic carboxylic acids is 1. The second-order valence-electron chi connectivity index (χ2n) is 5.17. The van der Waals surface area contributed by atoms with E-state index in [2.05, 4.69) is 4.90 Å². The van der Waals surface area contributed by atoms with Crippen LogP contribution >= 0.6 is 11.6 Å². The summed E-state index contributed by atoms with van der Waals surface area (Å²) in [5, 5.41) is 9.34. The molecule has 22 heavy (non-hydrogen) atoms. The molecule has 5 nitrogen and oxygen atoms in total. The molecule has 0 bridgehead atoms. The fourth-order valence-corrected chi connectivity index (χ4v) is 2.73. The number of anilines is 1. The third kappa shape index (κ3) is 3.20. The lowest BCUT2D eigenvalue weighted by Gasteiger charge is -2.18. The molecule has 0 spiro atoms. The normalized spacial score (nSPS) is 14.3. The van der Waals surface area contributed by atoms with Gasteiger partial charge in [-0.3, -0.25) is 0 Å². The third-order valence-corrected chi connectivity index (χ3v) is 3.92. The number of carbonyl (C=O) groups is 1. The monoisotopic (exact) mass is 321 g/mol. The van der Waals surface area contributed by atoms with E-state index in [0.717, 1.165) is 18.8 Å². The fraction of sp³-hybridized carbons (Fsp3) is 0.312. The number of carboxylic acid groups (broad SMARTS) is 1. The predicted molar refractivity (Wildman–Crippen MR) is 82.9 cm³/mol. The summed E-state index contributed by atoms with van der Waals surface area (Å²) >= 11 is 6.25. The predicted octanol–water partition coefficient (Wildman–Crippen LogP) is 3.81. The van der Waals surface area contributed by atoms with E-state index in [4.69, 9.17) is 25.9 Å². The molecular weight excluding hydrogens is 306 g/mol. The molecule has 1 fully saturated rings. The van der Waals surface area contributed by atoms with Crippen molar-refractivity contribution in [1.29, 1.82) is 0 Å². The SMILES string of the molecule is O=C(O)c1ccc(COc2ccc(N3CCCC3)cc2Cl)o1. The van der Waals surface area contributed by atoms with Gasteiger partial charge in [-0.1, -0.05) is 11.6 Å². The van der Waals surface area contributed by atoms with Crippen LogP contribution in [0, 0.1) is 0 Å². The molecule has 1 aliphatic rings. The molecule has 1 aromatic heterocycles. The van der Waals surface area contributed by atoms with Gasteiger partial charge in [0.2, 0.25) is 5.76 Å². The lowest BCUT2D eigenvalue weighted by molar-refractivity contribution is 0.0658. The molecule has 0 unspecified atom stereocenters. The first-order valence-corrected chi connectivity index (χ1v) is 7.50. The number of carboxylic acids is 1. The van der Waals surface area contributed by atoms with Crippen LogP contribution in [-0.4, -0.2) is 24.2 Å².